The van der Waals surface area contributed by atoms with E-state index in [2.05, 4.69) is 4.98 Å². The SMILES string of the molecule is COCCn1cc(C(=O)N2CCC(c3cc(CN)ccc3F)CC2)c2ccncc21.Cl.Cl. The number of amides is 1. The average molecular weight is 483 g/mol. The number of hydrogen-bond donors (Lipinski definition) is 1. The molecule has 1 amide bonds. The molecule has 2 aromatic heterocycles. The second-order valence-corrected chi connectivity index (χ2v) is 7.75. The van der Waals surface area contributed by atoms with E-state index in [1.54, 1.807) is 25.6 Å². The molecule has 1 saturated heterocycles. The Labute approximate surface area is 199 Å². The fraction of sp³-hybridized carbons (Fsp3) is 0.391. The molecule has 174 valence electrons. The first-order valence-electron chi connectivity index (χ1n) is 10.3. The minimum atomic E-state index is -0.189. The van der Waals surface area contributed by atoms with Crippen molar-refractivity contribution < 1.29 is 13.9 Å². The minimum Gasteiger partial charge on any atom is -0.383 e. The fourth-order valence-corrected chi connectivity index (χ4v) is 4.28. The van der Waals surface area contributed by atoms with E-state index in [-0.39, 0.29) is 42.5 Å². The molecule has 9 heteroatoms. The molecule has 0 unspecified atom stereocenters. The molecule has 32 heavy (non-hydrogen) atoms. The Morgan fingerprint density at radius 1 is 1.25 bits per heavy atom. The van der Waals surface area contributed by atoms with Crippen LogP contribution < -0.4 is 5.73 Å². The molecule has 0 atom stereocenters. The summed E-state index contributed by atoms with van der Waals surface area (Å²) in [6.45, 7) is 2.82. The number of carbonyl (C=O) groups is 1. The van der Waals surface area contributed by atoms with Crippen LogP contribution in [-0.2, 0) is 17.8 Å². The smallest absolute Gasteiger partial charge is 0.256 e. The van der Waals surface area contributed by atoms with Crippen LogP contribution in [0.25, 0.3) is 10.9 Å². The third-order valence-electron chi connectivity index (χ3n) is 5.97. The number of methoxy groups -OCH3 is 1. The van der Waals surface area contributed by atoms with Crippen LogP contribution in [0.2, 0.25) is 0 Å². The van der Waals surface area contributed by atoms with Crippen molar-refractivity contribution in [1.29, 1.82) is 0 Å². The lowest BCUT2D eigenvalue weighted by atomic mass is 9.88. The maximum Gasteiger partial charge on any atom is 0.256 e. The van der Waals surface area contributed by atoms with Crippen molar-refractivity contribution in [3.8, 4) is 0 Å². The zero-order valence-corrected chi connectivity index (χ0v) is 19.6. The van der Waals surface area contributed by atoms with Crippen molar-refractivity contribution in [3.05, 3.63) is 65.4 Å². The van der Waals surface area contributed by atoms with Gasteiger partial charge in [-0.3, -0.25) is 9.78 Å². The first kappa shape index (κ1) is 26.1. The molecule has 6 nitrogen and oxygen atoms in total. The Morgan fingerprint density at radius 3 is 2.69 bits per heavy atom. The van der Waals surface area contributed by atoms with Crippen LogP contribution in [0.4, 0.5) is 4.39 Å². The summed E-state index contributed by atoms with van der Waals surface area (Å²) in [5, 5.41) is 0.898. The van der Waals surface area contributed by atoms with E-state index < -0.39 is 0 Å². The highest BCUT2D eigenvalue weighted by atomic mass is 35.5. The van der Waals surface area contributed by atoms with E-state index in [1.807, 2.05) is 27.8 Å². The second-order valence-electron chi connectivity index (χ2n) is 7.75. The highest BCUT2D eigenvalue weighted by Crippen LogP contribution is 2.32. The molecule has 1 aliphatic heterocycles. The summed E-state index contributed by atoms with van der Waals surface area (Å²) in [4.78, 5) is 19.4. The summed E-state index contributed by atoms with van der Waals surface area (Å²) >= 11 is 0. The van der Waals surface area contributed by atoms with Crippen LogP contribution in [0.3, 0.4) is 0 Å². The Hall–Kier alpha value is -2.19. The van der Waals surface area contributed by atoms with Crippen LogP contribution in [-0.4, -0.2) is 47.2 Å². The molecular weight excluding hydrogens is 454 g/mol. The Bertz CT molecular complexity index is 1050. The largest absolute Gasteiger partial charge is 0.383 e. The van der Waals surface area contributed by atoms with Gasteiger partial charge in [-0.2, -0.15) is 0 Å². The average Bonchev–Trinajstić information content (AvgIpc) is 3.16. The van der Waals surface area contributed by atoms with Gasteiger partial charge in [0.1, 0.15) is 5.82 Å². The number of ether oxygens (including phenoxy) is 1. The van der Waals surface area contributed by atoms with Crippen LogP contribution >= 0.6 is 24.8 Å². The van der Waals surface area contributed by atoms with E-state index in [0.29, 0.717) is 43.9 Å². The lowest BCUT2D eigenvalue weighted by Gasteiger charge is -2.32. The van der Waals surface area contributed by atoms with Crippen LogP contribution in [0.5, 0.6) is 0 Å². The molecule has 3 aromatic rings. The van der Waals surface area contributed by atoms with Gasteiger partial charge in [0.25, 0.3) is 5.91 Å². The number of pyridine rings is 1. The van der Waals surface area contributed by atoms with Crippen molar-refractivity contribution in [2.24, 2.45) is 5.73 Å². The third kappa shape index (κ3) is 5.23. The predicted octanol–water partition coefficient (Wildman–Crippen LogP) is 4.14. The van der Waals surface area contributed by atoms with Gasteiger partial charge in [-0.25, -0.2) is 4.39 Å². The number of nitrogens with two attached hydrogens (primary N) is 1. The van der Waals surface area contributed by atoms with Crippen molar-refractivity contribution in [2.75, 3.05) is 26.8 Å². The van der Waals surface area contributed by atoms with Crippen LogP contribution in [0.15, 0.2) is 42.9 Å². The number of carbonyl (C=O) groups excluding carboxylic acids is 1. The number of piperidine rings is 1. The van der Waals surface area contributed by atoms with E-state index in [4.69, 9.17) is 10.5 Å². The van der Waals surface area contributed by atoms with Gasteiger partial charge in [0, 0.05) is 51.1 Å². The van der Waals surface area contributed by atoms with Gasteiger partial charge in [-0.15, -0.1) is 24.8 Å². The summed E-state index contributed by atoms with van der Waals surface area (Å²) in [6, 6.07) is 6.98. The molecule has 0 saturated carbocycles. The molecule has 1 fully saturated rings. The van der Waals surface area contributed by atoms with Gasteiger partial charge < -0.3 is 19.9 Å². The third-order valence-corrected chi connectivity index (χ3v) is 5.97. The molecule has 1 aromatic carbocycles. The number of fused-ring (bicyclic) bond motifs is 1. The minimum absolute atomic E-state index is 0. The molecular formula is C23H29Cl2FN4O2. The van der Waals surface area contributed by atoms with Gasteiger partial charge in [-0.1, -0.05) is 12.1 Å². The van der Waals surface area contributed by atoms with Crippen molar-refractivity contribution in [2.45, 2.75) is 31.8 Å². The monoisotopic (exact) mass is 482 g/mol. The zero-order valence-electron chi connectivity index (χ0n) is 18.0. The molecule has 3 heterocycles. The van der Waals surface area contributed by atoms with Gasteiger partial charge in [0.05, 0.1) is 23.9 Å². The van der Waals surface area contributed by atoms with Crippen LogP contribution in [0.1, 0.15) is 40.2 Å². The summed E-state index contributed by atoms with van der Waals surface area (Å²) in [5.41, 5.74) is 8.96. The Kier molecular flexibility index (Phi) is 9.46. The predicted molar refractivity (Wildman–Crippen MR) is 128 cm³/mol. The summed E-state index contributed by atoms with van der Waals surface area (Å²) in [5.74, 6) is -0.0736. The first-order chi connectivity index (χ1) is 14.6. The Morgan fingerprint density at radius 2 is 2.00 bits per heavy atom. The normalized spacial score (nSPS) is 14.2. The highest BCUT2D eigenvalue weighted by molar-refractivity contribution is 6.06. The van der Waals surface area contributed by atoms with E-state index in [9.17, 15) is 9.18 Å². The number of halogens is 3. The number of hydrogen-bond acceptors (Lipinski definition) is 4. The van der Waals surface area contributed by atoms with Gasteiger partial charge in [-0.05, 0) is 42.0 Å². The van der Waals surface area contributed by atoms with Gasteiger partial charge in [0.15, 0.2) is 0 Å². The number of benzene rings is 1. The summed E-state index contributed by atoms with van der Waals surface area (Å²) in [7, 11) is 1.66. The second kappa shape index (κ2) is 11.6. The van der Waals surface area contributed by atoms with Crippen molar-refractivity contribution >= 4 is 41.6 Å². The number of aromatic nitrogens is 2. The molecule has 0 radical (unpaired) electrons. The number of nitrogens with zero attached hydrogens (tertiary/aromatic N) is 3. The standard InChI is InChI=1S/C23H27FN4O2.2ClH/c1-30-11-10-28-15-20(18-4-7-26-14-22(18)28)23(29)27-8-5-17(6-9-27)19-12-16(13-25)2-3-21(19)24;;/h2-4,7,12,14-15,17H,5-6,8-11,13,25H2,1H3;2*1H. The zero-order chi connectivity index (χ0) is 21.1. The topological polar surface area (TPSA) is 73.4 Å². The quantitative estimate of drug-likeness (QED) is 0.572. The van der Waals surface area contributed by atoms with Gasteiger partial charge >= 0.3 is 0 Å². The lowest BCUT2D eigenvalue weighted by Crippen LogP contribution is -2.38. The fourth-order valence-electron chi connectivity index (χ4n) is 4.28. The maximum absolute atomic E-state index is 14.3. The summed E-state index contributed by atoms with van der Waals surface area (Å²) in [6.07, 6.45) is 6.85. The maximum atomic E-state index is 14.3. The molecule has 0 aliphatic carbocycles. The van der Waals surface area contributed by atoms with Crippen molar-refractivity contribution in [3.63, 3.8) is 0 Å². The summed E-state index contributed by atoms with van der Waals surface area (Å²) < 4.78 is 21.5. The van der Waals surface area contributed by atoms with Crippen molar-refractivity contribution in [1.82, 2.24) is 14.5 Å². The van der Waals surface area contributed by atoms with E-state index in [1.165, 1.54) is 6.07 Å². The number of likely N-dealkylation sites (tertiary alicyclic amines) is 1. The number of rotatable bonds is 6. The lowest BCUT2D eigenvalue weighted by molar-refractivity contribution is 0.0714. The van der Waals surface area contributed by atoms with E-state index >= 15 is 0 Å². The molecule has 0 spiro atoms. The van der Waals surface area contributed by atoms with Crippen LogP contribution in [0, 0.1) is 5.82 Å². The molecule has 4 rings (SSSR count). The Balaban J connectivity index is 0.00000181. The van der Waals surface area contributed by atoms with E-state index in [0.717, 1.165) is 29.3 Å². The first-order valence-corrected chi connectivity index (χ1v) is 10.3. The molecule has 1 aliphatic rings. The van der Waals surface area contributed by atoms with Gasteiger partial charge in [0.2, 0.25) is 0 Å². The highest BCUT2D eigenvalue weighted by Gasteiger charge is 2.28. The molecule has 0 bridgehead atoms. The molecule has 2 N–H and O–H groups in total.